The lowest BCUT2D eigenvalue weighted by molar-refractivity contribution is 0.0966. The first-order valence-corrected chi connectivity index (χ1v) is 9.30. The maximum atomic E-state index is 13.1. The van der Waals surface area contributed by atoms with Gasteiger partial charge in [0.1, 0.15) is 12.3 Å². The van der Waals surface area contributed by atoms with Crippen molar-refractivity contribution in [2.45, 2.75) is 13.5 Å². The maximum absolute atomic E-state index is 13.1. The van der Waals surface area contributed by atoms with E-state index in [0.29, 0.717) is 17.0 Å². The van der Waals surface area contributed by atoms with Crippen molar-refractivity contribution in [3.63, 3.8) is 0 Å². The van der Waals surface area contributed by atoms with Crippen LogP contribution in [0, 0.1) is 6.92 Å². The Hall–Kier alpha value is -3.67. The van der Waals surface area contributed by atoms with E-state index in [0.717, 1.165) is 22.2 Å². The number of ether oxygens (including phenoxy) is 1. The lowest BCUT2D eigenvalue weighted by atomic mass is 10.1. The molecule has 0 aliphatic carbocycles. The summed E-state index contributed by atoms with van der Waals surface area (Å²) < 4.78 is 8.59. The van der Waals surface area contributed by atoms with Crippen LogP contribution in [0.2, 0.25) is 0 Å². The Kier molecular flexibility index (Phi) is 4.76. The standard InChI is InChI=1S/C23H21N3O3/c1-15-23(17-9-4-6-10-19(17)25(15)2)20(27)14-26-22(28)13-12-18(24-26)16-8-5-7-11-21(16)29-3/h4-13H,14H2,1-3H3. The van der Waals surface area contributed by atoms with Gasteiger partial charge in [0.2, 0.25) is 0 Å². The Labute approximate surface area is 168 Å². The number of carbonyl (C=O) groups excluding carboxylic acids is 1. The minimum atomic E-state index is -0.324. The minimum Gasteiger partial charge on any atom is -0.496 e. The van der Waals surface area contributed by atoms with Crippen molar-refractivity contribution < 1.29 is 9.53 Å². The number of Topliss-reactive ketones (excluding diaryl/α,β-unsaturated/α-hetero) is 1. The van der Waals surface area contributed by atoms with E-state index in [1.54, 1.807) is 13.2 Å². The third kappa shape index (κ3) is 3.23. The first-order valence-electron chi connectivity index (χ1n) is 9.30. The minimum absolute atomic E-state index is 0.128. The van der Waals surface area contributed by atoms with Crippen molar-refractivity contribution >= 4 is 16.7 Å². The zero-order chi connectivity index (χ0) is 20.5. The van der Waals surface area contributed by atoms with Crippen LogP contribution in [0.15, 0.2) is 65.5 Å². The zero-order valence-electron chi connectivity index (χ0n) is 16.5. The van der Waals surface area contributed by atoms with Gasteiger partial charge in [-0.15, -0.1) is 0 Å². The molecule has 4 rings (SSSR count). The molecule has 2 aromatic heterocycles. The number of aryl methyl sites for hydroxylation is 1. The third-order valence-corrected chi connectivity index (χ3v) is 5.22. The van der Waals surface area contributed by atoms with E-state index in [2.05, 4.69) is 5.10 Å². The molecule has 0 atom stereocenters. The van der Waals surface area contributed by atoms with Crippen LogP contribution in [0.3, 0.4) is 0 Å². The van der Waals surface area contributed by atoms with Crippen molar-refractivity contribution in [3.8, 4) is 17.0 Å². The summed E-state index contributed by atoms with van der Waals surface area (Å²) in [6, 6.07) is 18.3. The number of benzene rings is 2. The van der Waals surface area contributed by atoms with E-state index < -0.39 is 0 Å². The van der Waals surface area contributed by atoms with E-state index in [9.17, 15) is 9.59 Å². The van der Waals surface area contributed by atoms with Crippen molar-refractivity contribution in [2.24, 2.45) is 7.05 Å². The Balaban J connectivity index is 1.75. The highest BCUT2D eigenvalue weighted by atomic mass is 16.5. The van der Waals surface area contributed by atoms with E-state index in [1.807, 2.05) is 67.1 Å². The van der Waals surface area contributed by atoms with Gasteiger partial charge in [0, 0.05) is 40.8 Å². The van der Waals surface area contributed by atoms with Gasteiger partial charge in [-0.2, -0.15) is 5.10 Å². The second-order valence-corrected chi connectivity index (χ2v) is 6.87. The number of hydrogen-bond acceptors (Lipinski definition) is 4. The SMILES string of the molecule is COc1ccccc1-c1ccc(=O)n(CC(=O)c2c(C)n(C)c3ccccc23)n1. The number of ketones is 1. The topological polar surface area (TPSA) is 66.1 Å². The van der Waals surface area contributed by atoms with Crippen LogP contribution in [0.4, 0.5) is 0 Å². The second kappa shape index (κ2) is 7.39. The van der Waals surface area contributed by atoms with Gasteiger partial charge >= 0.3 is 0 Å². The largest absolute Gasteiger partial charge is 0.496 e. The molecule has 2 aromatic carbocycles. The average molecular weight is 387 g/mol. The first-order chi connectivity index (χ1) is 14.0. The second-order valence-electron chi connectivity index (χ2n) is 6.87. The van der Waals surface area contributed by atoms with Gasteiger partial charge in [0.15, 0.2) is 5.78 Å². The molecule has 2 heterocycles. The van der Waals surface area contributed by atoms with Crippen molar-refractivity contribution in [1.29, 1.82) is 0 Å². The molecule has 0 N–H and O–H groups in total. The van der Waals surface area contributed by atoms with Crippen LogP contribution in [-0.4, -0.2) is 27.2 Å². The highest BCUT2D eigenvalue weighted by Gasteiger charge is 2.19. The van der Waals surface area contributed by atoms with Gasteiger partial charge in [-0.25, -0.2) is 4.68 Å². The van der Waals surface area contributed by atoms with Gasteiger partial charge in [0.25, 0.3) is 5.56 Å². The predicted octanol–water partition coefficient (Wildman–Crippen LogP) is 3.60. The Morgan fingerprint density at radius 1 is 1.03 bits per heavy atom. The molecule has 0 saturated carbocycles. The molecule has 0 spiro atoms. The Bertz CT molecular complexity index is 1280. The Morgan fingerprint density at radius 2 is 1.76 bits per heavy atom. The molecule has 0 amide bonds. The molecule has 0 aliphatic rings. The Morgan fingerprint density at radius 3 is 2.55 bits per heavy atom. The molecule has 0 fully saturated rings. The molecule has 146 valence electrons. The fourth-order valence-electron chi connectivity index (χ4n) is 3.65. The first kappa shape index (κ1) is 18.7. The monoisotopic (exact) mass is 387 g/mol. The molecule has 29 heavy (non-hydrogen) atoms. The number of fused-ring (bicyclic) bond motifs is 1. The third-order valence-electron chi connectivity index (χ3n) is 5.22. The van der Waals surface area contributed by atoms with Crippen LogP contribution in [0.1, 0.15) is 16.1 Å². The van der Waals surface area contributed by atoms with Gasteiger partial charge in [-0.1, -0.05) is 30.3 Å². The maximum Gasteiger partial charge on any atom is 0.267 e. The fourth-order valence-corrected chi connectivity index (χ4v) is 3.65. The number of aromatic nitrogens is 3. The number of hydrogen-bond donors (Lipinski definition) is 0. The van der Waals surface area contributed by atoms with Gasteiger partial charge in [-0.3, -0.25) is 9.59 Å². The fraction of sp³-hybridized carbons (Fsp3) is 0.174. The number of rotatable bonds is 5. The average Bonchev–Trinajstić information content (AvgIpc) is 3.00. The summed E-state index contributed by atoms with van der Waals surface area (Å²) in [6.45, 7) is 1.78. The van der Waals surface area contributed by atoms with Crippen LogP contribution in [0.25, 0.3) is 22.2 Å². The van der Waals surface area contributed by atoms with E-state index in [-0.39, 0.29) is 17.9 Å². The molecule has 0 radical (unpaired) electrons. The molecule has 6 nitrogen and oxygen atoms in total. The summed E-state index contributed by atoms with van der Waals surface area (Å²) in [5.41, 5.74) is 3.48. The van der Waals surface area contributed by atoms with E-state index in [1.165, 1.54) is 10.7 Å². The summed E-state index contributed by atoms with van der Waals surface area (Å²) >= 11 is 0. The number of nitrogens with zero attached hydrogens (tertiary/aromatic N) is 3. The van der Waals surface area contributed by atoms with E-state index >= 15 is 0 Å². The molecule has 6 heteroatoms. The van der Waals surface area contributed by atoms with Crippen LogP contribution < -0.4 is 10.3 Å². The predicted molar refractivity (Wildman–Crippen MR) is 112 cm³/mol. The molecule has 0 unspecified atom stereocenters. The summed E-state index contributed by atoms with van der Waals surface area (Å²) in [5.74, 6) is 0.507. The van der Waals surface area contributed by atoms with Crippen molar-refractivity contribution in [1.82, 2.24) is 14.3 Å². The normalized spacial score (nSPS) is 11.0. The smallest absolute Gasteiger partial charge is 0.267 e. The lowest BCUT2D eigenvalue weighted by Crippen LogP contribution is -2.26. The van der Waals surface area contributed by atoms with Crippen LogP contribution in [-0.2, 0) is 13.6 Å². The molecule has 0 saturated heterocycles. The molecular formula is C23H21N3O3. The summed E-state index contributed by atoms with van der Waals surface area (Å²) in [7, 11) is 3.52. The van der Waals surface area contributed by atoms with Crippen LogP contribution >= 0.6 is 0 Å². The molecule has 0 bridgehead atoms. The molecular weight excluding hydrogens is 366 g/mol. The number of carbonyl (C=O) groups is 1. The van der Waals surface area contributed by atoms with Crippen molar-refractivity contribution in [2.75, 3.05) is 7.11 Å². The van der Waals surface area contributed by atoms with Gasteiger partial charge in [0.05, 0.1) is 12.8 Å². The van der Waals surface area contributed by atoms with Gasteiger partial charge in [-0.05, 0) is 31.2 Å². The number of methoxy groups -OCH3 is 1. The van der Waals surface area contributed by atoms with Crippen molar-refractivity contribution in [3.05, 3.63) is 82.3 Å². The zero-order valence-corrected chi connectivity index (χ0v) is 16.5. The molecule has 4 aromatic rings. The van der Waals surface area contributed by atoms with Crippen LogP contribution in [0.5, 0.6) is 5.75 Å². The molecule has 0 aliphatic heterocycles. The summed E-state index contributed by atoms with van der Waals surface area (Å²) in [6.07, 6.45) is 0. The summed E-state index contributed by atoms with van der Waals surface area (Å²) in [4.78, 5) is 25.5. The number of para-hydroxylation sites is 2. The lowest BCUT2D eigenvalue weighted by Gasteiger charge is -2.10. The highest BCUT2D eigenvalue weighted by Crippen LogP contribution is 2.28. The van der Waals surface area contributed by atoms with Gasteiger partial charge < -0.3 is 9.30 Å². The summed E-state index contributed by atoms with van der Waals surface area (Å²) in [5, 5.41) is 5.31. The highest BCUT2D eigenvalue weighted by molar-refractivity contribution is 6.09. The quantitative estimate of drug-likeness (QED) is 0.491. The van der Waals surface area contributed by atoms with E-state index in [4.69, 9.17) is 4.74 Å².